The van der Waals surface area contributed by atoms with Gasteiger partial charge in [-0.2, -0.15) is 4.98 Å². The fourth-order valence-electron chi connectivity index (χ4n) is 1.42. The van der Waals surface area contributed by atoms with E-state index in [4.69, 9.17) is 19.9 Å². The average molecular weight is 246 g/mol. The van der Waals surface area contributed by atoms with Crippen LogP contribution in [-0.2, 0) is 0 Å². The number of nitrogen functional groups attached to an aromatic ring is 1. The van der Waals surface area contributed by atoms with E-state index < -0.39 is 0 Å². The quantitative estimate of drug-likeness (QED) is 0.897. The molecule has 0 fully saturated rings. The van der Waals surface area contributed by atoms with Crippen LogP contribution in [0.2, 0.25) is 0 Å². The predicted molar refractivity (Wildman–Crippen MR) is 68.3 cm³/mol. The van der Waals surface area contributed by atoms with Gasteiger partial charge in [-0.1, -0.05) is 0 Å². The van der Waals surface area contributed by atoms with Gasteiger partial charge < -0.3 is 19.9 Å². The van der Waals surface area contributed by atoms with Crippen LogP contribution in [0.5, 0.6) is 23.3 Å². The molecule has 1 heterocycles. The van der Waals surface area contributed by atoms with Crippen molar-refractivity contribution in [2.24, 2.45) is 0 Å². The van der Waals surface area contributed by atoms with Gasteiger partial charge in [0.25, 0.3) is 0 Å². The molecular weight excluding hydrogens is 232 g/mol. The van der Waals surface area contributed by atoms with Crippen LogP contribution in [0.3, 0.4) is 0 Å². The fourth-order valence-corrected chi connectivity index (χ4v) is 1.42. The molecule has 0 saturated heterocycles. The molecule has 0 spiro atoms. The highest BCUT2D eigenvalue weighted by molar-refractivity contribution is 5.49. The first kappa shape index (κ1) is 12.0. The molecule has 0 aliphatic carbocycles. The van der Waals surface area contributed by atoms with Gasteiger partial charge in [-0.15, -0.1) is 0 Å². The number of aromatic nitrogens is 1. The van der Waals surface area contributed by atoms with Crippen molar-refractivity contribution >= 4 is 5.69 Å². The number of hydrogen-bond acceptors (Lipinski definition) is 5. The molecule has 5 nitrogen and oxygen atoms in total. The third-order valence-corrected chi connectivity index (χ3v) is 2.34. The zero-order chi connectivity index (χ0) is 13.0. The van der Waals surface area contributed by atoms with Crippen molar-refractivity contribution in [1.29, 1.82) is 0 Å². The number of rotatable bonds is 4. The van der Waals surface area contributed by atoms with Crippen LogP contribution in [0.25, 0.3) is 0 Å². The Morgan fingerprint density at radius 1 is 0.889 bits per heavy atom. The van der Waals surface area contributed by atoms with Crippen molar-refractivity contribution in [2.45, 2.75) is 0 Å². The minimum atomic E-state index is 0.348. The molecule has 1 aromatic carbocycles. The van der Waals surface area contributed by atoms with E-state index in [1.807, 2.05) is 12.1 Å². The Labute approximate surface area is 105 Å². The number of pyridine rings is 1. The van der Waals surface area contributed by atoms with Crippen LogP contribution >= 0.6 is 0 Å². The highest BCUT2D eigenvalue weighted by atomic mass is 16.5. The van der Waals surface area contributed by atoms with E-state index in [2.05, 4.69) is 4.98 Å². The van der Waals surface area contributed by atoms with Gasteiger partial charge in [0.1, 0.15) is 11.5 Å². The van der Waals surface area contributed by atoms with E-state index in [-0.39, 0.29) is 0 Å². The van der Waals surface area contributed by atoms with Gasteiger partial charge in [0.15, 0.2) is 0 Å². The monoisotopic (exact) mass is 246 g/mol. The number of nitrogens with zero attached hydrogens (tertiary/aromatic N) is 1. The Morgan fingerprint density at radius 3 is 2.17 bits per heavy atom. The van der Waals surface area contributed by atoms with Gasteiger partial charge >= 0.3 is 0 Å². The third-order valence-electron chi connectivity index (χ3n) is 2.34. The van der Waals surface area contributed by atoms with Crippen LogP contribution in [0.15, 0.2) is 36.4 Å². The summed E-state index contributed by atoms with van der Waals surface area (Å²) in [4.78, 5) is 4.13. The van der Waals surface area contributed by atoms with Gasteiger partial charge in [0, 0.05) is 6.07 Å². The van der Waals surface area contributed by atoms with Crippen molar-refractivity contribution in [1.82, 2.24) is 4.98 Å². The summed E-state index contributed by atoms with van der Waals surface area (Å²) < 4.78 is 15.7. The standard InChI is InChI=1S/C13H14N2O3/c1-16-9-3-5-10(6-4-9)18-12-8-7-11(14)13(15-12)17-2/h3-8H,14H2,1-2H3. The first-order valence-electron chi connectivity index (χ1n) is 5.35. The van der Waals surface area contributed by atoms with Crippen LogP contribution in [0, 0.1) is 0 Å². The lowest BCUT2D eigenvalue weighted by Crippen LogP contribution is -1.97. The molecule has 0 aliphatic rings. The molecule has 0 amide bonds. The molecule has 1 aromatic heterocycles. The number of ether oxygens (including phenoxy) is 3. The highest BCUT2D eigenvalue weighted by Crippen LogP contribution is 2.26. The Hall–Kier alpha value is -2.43. The van der Waals surface area contributed by atoms with Gasteiger partial charge in [0.05, 0.1) is 19.9 Å². The van der Waals surface area contributed by atoms with Crippen molar-refractivity contribution in [3.05, 3.63) is 36.4 Å². The van der Waals surface area contributed by atoms with E-state index in [1.54, 1.807) is 31.4 Å². The third kappa shape index (κ3) is 2.63. The van der Waals surface area contributed by atoms with E-state index in [9.17, 15) is 0 Å². The van der Waals surface area contributed by atoms with Crippen LogP contribution in [-0.4, -0.2) is 19.2 Å². The van der Waals surface area contributed by atoms with E-state index >= 15 is 0 Å². The van der Waals surface area contributed by atoms with Crippen molar-refractivity contribution in [3.63, 3.8) is 0 Å². The first-order valence-corrected chi connectivity index (χ1v) is 5.35. The molecule has 2 aromatic rings. The summed E-state index contributed by atoms with van der Waals surface area (Å²) in [5, 5.41) is 0. The highest BCUT2D eigenvalue weighted by Gasteiger charge is 2.05. The van der Waals surface area contributed by atoms with Crippen molar-refractivity contribution in [2.75, 3.05) is 20.0 Å². The van der Waals surface area contributed by atoms with Gasteiger partial charge in [-0.3, -0.25) is 0 Å². The summed E-state index contributed by atoms with van der Waals surface area (Å²) in [6, 6.07) is 10.6. The lowest BCUT2D eigenvalue weighted by atomic mass is 10.3. The normalized spacial score (nSPS) is 9.89. The smallest absolute Gasteiger partial charge is 0.240 e. The lowest BCUT2D eigenvalue weighted by molar-refractivity contribution is 0.385. The molecule has 18 heavy (non-hydrogen) atoms. The number of methoxy groups -OCH3 is 2. The maximum Gasteiger partial charge on any atom is 0.240 e. The van der Waals surface area contributed by atoms with Gasteiger partial charge in [-0.25, -0.2) is 0 Å². The summed E-state index contributed by atoms with van der Waals surface area (Å²) in [7, 11) is 3.12. The van der Waals surface area contributed by atoms with E-state index in [1.165, 1.54) is 7.11 Å². The largest absolute Gasteiger partial charge is 0.497 e. The number of hydrogen-bond donors (Lipinski definition) is 1. The molecule has 0 bridgehead atoms. The summed E-state index contributed by atoms with van der Waals surface area (Å²) in [5.74, 6) is 2.20. The second kappa shape index (κ2) is 5.27. The summed E-state index contributed by atoms with van der Waals surface area (Å²) in [6.45, 7) is 0. The van der Waals surface area contributed by atoms with E-state index in [0.717, 1.165) is 5.75 Å². The zero-order valence-corrected chi connectivity index (χ0v) is 10.2. The Bertz CT molecular complexity index is 526. The second-order valence-electron chi connectivity index (χ2n) is 3.53. The van der Waals surface area contributed by atoms with E-state index in [0.29, 0.717) is 23.2 Å². The number of anilines is 1. The van der Waals surface area contributed by atoms with Crippen molar-refractivity contribution < 1.29 is 14.2 Å². The lowest BCUT2D eigenvalue weighted by Gasteiger charge is -2.08. The van der Waals surface area contributed by atoms with Crippen LogP contribution < -0.4 is 19.9 Å². The molecule has 2 N–H and O–H groups in total. The fraction of sp³-hybridized carbons (Fsp3) is 0.154. The number of nitrogens with two attached hydrogens (primary N) is 1. The summed E-state index contributed by atoms with van der Waals surface area (Å²) >= 11 is 0. The topological polar surface area (TPSA) is 66.6 Å². The maximum absolute atomic E-state index is 5.67. The maximum atomic E-state index is 5.67. The molecular formula is C13H14N2O3. The number of benzene rings is 1. The van der Waals surface area contributed by atoms with Gasteiger partial charge in [-0.05, 0) is 30.3 Å². The average Bonchev–Trinajstić information content (AvgIpc) is 2.42. The molecule has 0 aliphatic heterocycles. The first-order chi connectivity index (χ1) is 8.72. The molecule has 94 valence electrons. The minimum absolute atomic E-state index is 0.348. The molecule has 0 unspecified atom stereocenters. The Kier molecular flexibility index (Phi) is 3.52. The Balaban J connectivity index is 2.17. The molecule has 2 rings (SSSR count). The summed E-state index contributed by atoms with van der Waals surface area (Å²) in [5.41, 5.74) is 6.14. The molecule has 0 radical (unpaired) electrons. The Morgan fingerprint density at radius 2 is 1.56 bits per heavy atom. The molecule has 0 saturated carbocycles. The second-order valence-corrected chi connectivity index (χ2v) is 3.53. The van der Waals surface area contributed by atoms with Crippen LogP contribution in [0.1, 0.15) is 0 Å². The van der Waals surface area contributed by atoms with Crippen molar-refractivity contribution in [3.8, 4) is 23.3 Å². The predicted octanol–water partition coefficient (Wildman–Crippen LogP) is 2.47. The minimum Gasteiger partial charge on any atom is -0.497 e. The van der Waals surface area contributed by atoms with Crippen LogP contribution in [0.4, 0.5) is 5.69 Å². The SMILES string of the molecule is COc1ccc(Oc2ccc(N)c(OC)n2)cc1. The van der Waals surface area contributed by atoms with Gasteiger partial charge in [0.2, 0.25) is 11.8 Å². The summed E-state index contributed by atoms with van der Waals surface area (Å²) in [6.07, 6.45) is 0. The molecule has 5 heteroatoms. The zero-order valence-electron chi connectivity index (χ0n) is 10.2. The molecule has 0 atom stereocenters.